The Morgan fingerprint density at radius 2 is 2.39 bits per heavy atom. The number of nitrogens with zero attached hydrogens (tertiary/aromatic N) is 3. The molecule has 18 heavy (non-hydrogen) atoms. The van der Waals surface area contributed by atoms with Crippen LogP contribution in [0.15, 0.2) is 18.6 Å². The maximum absolute atomic E-state index is 11.6. The lowest BCUT2D eigenvalue weighted by molar-refractivity contribution is 0.122. The number of rotatable bonds is 3. The summed E-state index contributed by atoms with van der Waals surface area (Å²) in [5.74, 6) is 0.136. The van der Waals surface area contributed by atoms with Crippen LogP contribution in [0, 0.1) is 5.92 Å². The van der Waals surface area contributed by atoms with Crippen molar-refractivity contribution >= 4 is 10.0 Å². The van der Waals surface area contributed by atoms with E-state index in [4.69, 9.17) is 4.74 Å². The highest BCUT2D eigenvalue weighted by Gasteiger charge is 2.24. The molecule has 0 spiro atoms. The van der Waals surface area contributed by atoms with Crippen molar-refractivity contribution in [2.45, 2.75) is 6.42 Å². The molecule has 0 amide bonds. The first-order valence-corrected chi connectivity index (χ1v) is 7.68. The van der Waals surface area contributed by atoms with Gasteiger partial charge in [0, 0.05) is 30.9 Å². The molecule has 1 aliphatic heterocycles. The highest BCUT2D eigenvalue weighted by molar-refractivity contribution is 7.88. The van der Waals surface area contributed by atoms with Crippen molar-refractivity contribution in [2.24, 2.45) is 5.92 Å². The molecule has 6 nitrogen and oxygen atoms in total. The van der Waals surface area contributed by atoms with Gasteiger partial charge in [-0.3, -0.25) is 0 Å². The number of aromatic nitrogens is 2. The molecular weight excluding hydrogens is 254 g/mol. The Morgan fingerprint density at radius 1 is 1.56 bits per heavy atom. The smallest absolute Gasteiger partial charge is 0.211 e. The quantitative estimate of drug-likeness (QED) is 0.769. The van der Waals surface area contributed by atoms with Crippen LogP contribution < -0.4 is 0 Å². The third-order valence-electron chi connectivity index (χ3n) is 2.91. The average molecular weight is 271 g/mol. The zero-order chi connectivity index (χ0) is 13.0. The maximum atomic E-state index is 11.6. The highest BCUT2D eigenvalue weighted by atomic mass is 32.2. The maximum Gasteiger partial charge on any atom is 0.211 e. The molecule has 1 aromatic rings. The minimum Gasteiger partial charge on any atom is -0.380 e. The zero-order valence-corrected chi connectivity index (χ0v) is 11.1. The van der Waals surface area contributed by atoms with Gasteiger partial charge in [-0.2, -0.15) is 4.31 Å². The van der Waals surface area contributed by atoms with Gasteiger partial charge in [0.1, 0.15) is 6.33 Å². The van der Waals surface area contributed by atoms with Gasteiger partial charge in [0.2, 0.25) is 10.0 Å². The van der Waals surface area contributed by atoms with Gasteiger partial charge in [0.15, 0.2) is 0 Å². The molecule has 100 valence electrons. The van der Waals surface area contributed by atoms with Crippen molar-refractivity contribution in [1.82, 2.24) is 14.3 Å². The lowest BCUT2D eigenvalue weighted by atomic mass is 10.0. The van der Waals surface area contributed by atoms with Crippen molar-refractivity contribution in [2.75, 3.05) is 32.6 Å². The summed E-state index contributed by atoms with van der Waals surface area (Å²) < 4.78 is 30.1. The molecule has 0 radical (unpaired) electrons. The molecular formula is C11H17N3O3S. The summed E-state index contributed by atoms with van der Waals surface area (Å²) >= 11 is 0. The largest absolute Gasteiger partial charge is 0.380 e. The molecule has 0 aliphatic carbocycles. The third-order valence-corrected chi connectivity index (χ3v) is 4.18. The molecule has 1 unspecified atom stereocenters. The van der Waals surface area contributed by atoms with Crippen LogP contribution in [0.25, 0.3) is 0 Å². The van der Waals surface area contributed by atoms with Crippen LogP contribution in [-0.4, -0.2) is 55.3 Å². The molecule has 0 N–H and O–H groups in total. The Morgan fingerprint density at radius 3 is 3.06 bits per heavy atom. The monoisotopic (exact) mass is 271 g/mol. The van der Waals surface area contributed by atoms with Crippen LogP contribution in [0.3, 0.4) is 0 Å². The minimum absolute atomic E-state index is 0.136. The molecule has 2 rings (SSSR count). The van der Waals surface area contributed by atoms with Crippen LogP contribution in [0.5, 0.6) is 0 Å². The first kappa shape index (κ1) is 13.4. The van der Waals surface area contributed by atoms with Crippen molar-refractivity contribution in [3.05, 3.63) is 24.3 Å². The summed E-state index contributed by atoms with van der Waals surface area (Å²) in [6.07, 6.45) is 5.13. The molecule has 0 aromatic carbocycles. The minimum atomic E-state index is -3.15. The van der Waals surface area contributed by atoms with Crippen LogP contribution in [0.2, 0.25) is 0 Å². The standard InChI is InChI=1S/C11H17N3O3S/c1-18(15,16)14-4-5-17-8-10(7-14)6-11-2-3-12-9-13-11/h2-3,9-10H,4-8H2,1H3. The normalized spacial score (nSPS) is 22.6. The number of hydrogen-bond acceptors (Lipinski definition) is 5. The fraction of sp³-hybridized carbons (Fsp3) is 0.636. The Hall–Kier alpha value is -1.05. The fourth-order valence-electron chi connectivity index (χ4n) is 2.01. The van der Waals surface area contributed by atoms with Crippen molar-refractivity contribution in [3.8, 4) is 0 Å². The highest BCUT2D eigenvalue weighted by Crippen LogP contribution is 2.14. The second-order valence-electron chi connectivity index (χ2n) is 4.47. The average Bonchev–Trinajstić information content (AvgIpc) is 2.55. The summed E-state index contributed by atoms with van der Waals surface area (Å²) in [6, 6.07) is 1.84. The SMILES string of the molecule is CS(=O)(=O)N1CCOCC(Cc2ccncn2)C1. The Balaban J connectivity index is 2.04. The van der Waals surface area contributed by atoms with E-state index in [1.165, 1.54) is 16.9 Å². The number of ether oxygens (including phenoxy) is 1. The predicted molar refractivity (Wildman–Crippen MR) is 66.5 cm³/mol. The van der Waals surface area contributed by atoms with Gasteiger partial charge in [-0.1, -0.05) is 0 Å². The van der Waals surface area contributed by atoms with E-state index in [0.717, 1.165) is 5.69 Å². The Labute approximate surface area is 107 Å². The van der Waals surface area contributed by atoms with Gasteiger partial charge in [-0.05, 0) is 12.5 Å². The lowest BCUT2D eigenvalue weighted by Crippen LogP contribution is -2.35. The van der Waals surface area contributed by atoms with Gasteiger partial charge in [-0.25, -0.2) is 18.4 Å². The van der Waals surface area contributed by atoms with Gasteiger partial charge in [-0.15, -0.1) is 0 Å². The molecule has 7 heteroatoms. The molecule has 0 saturated carbocycles. The van der Waals surface area contributed by atoms with E-state index in [0.29, 0.717) is 32.7 Å². The number of hydrogen-bond donors (Lipinski definition) is 0. The molecule has 0 bridgehead atoms. The second kappa shape index (κ2) is 5.73. The zero-order valence-electron chi connectivity index (χ0n) is 10.3. The van der Waals surface area contributed by atoms with E-state index in [1.54, 1.807) is 6.20 Å². The first-order chi connectivity index (χ1) is 8.55. The van der Waals surface area contributed by atoms with E-state index in [1.807, 2.05) is 6.07 Å². The molecule has 1 fully saturated rings. The Bertz CT molecular complexity index is 478. The van der Waals surface area contributed by atoms with Gasteiger partial charge in [0.25, 0.3) is 0 Å². The van der Waals surface area contributed by atoms with Crippen LogP contribution in [0.1, 0.15) is 5.69 Å². The van der Waals surface area contributed by atoms with Gasteiger partial charge in [0.05, 0.1) is 19.5 Å². The van der Waals surface area contributed by atoms with E-state index < -0.39 is 10.0 Å². The third kappa shape index (κ3) is 3.72. The summed E-state index contributed by atoms with van der Waals surface area (Å²) in [5.41, 5.74) is 0.911. The molecule has 1 aromatic heterocycles. The van der Waals surface area contributed by atoms with Crippen molar-refractivity contribution in [1.29, 1.82) is 0 Å². The van der Waals surface area contributed by atoms with Crippen molar-refractivity contribution < 1.29 is 13.2 Å². The molecule has 1 saturated heterocycles. The number of sulfonamides is 1. The van der Waals surface area contributed by atoms with E-state index in [2.05, 4.69) is 9.97 Å². The predicted octanol–water partition coefficient (Wildman–Crippen LogP) is -0.0729. The molecule has 1 aliphatic rings. The van der Waals surface area contributed by atoms with Gasteiger partial charge < -0.3 is 4.74 Å². The molecule has 1 atom stereocenters. The van der Waals surface area contributed by atoms with Crippen LogP contribution >= 0.6 is 0 Å². The van der Waals surface area contributed by atoms with E-state index >= 15 is 0 Å². The second-order valence-corrected chi connectivity index (χ2v) is 6.45. The lowest BCUT2D eigenvalue weighted by Gasteiger charge is -2.20. The summed E-state index contributed by atoms with van der Waals surface area (Å²) in [7, 11) is -3.15. The van der Waals surface area contributed by atoms with E-state index in [-0.39, 0.29) is 5.92 Å². The summed E-state index contributed by atoms with van der Waals surface area (Å²) in [5, 5.41) is 0. The molecule has 2 heterocycles. The van der Waals surface area contributed by atoms with Gasteiger partial charge >= 0.3 is 0 Å². The summed E-state index contributed by atoms with van der Waals surface area (Å²) in [4.78, 5) is 8.02. The van der Waals surface area contributed by atoms with Crippen LogP contribution in [-0.2, 0) is 21.2 Å². The van der Waals surface area contributed by atoms with E-state index in [9.17, 15) is 8.42 Å². The van der Waals surface area contributed by atoms with Crippen molar-refractivity contribution in [3.63, 3.8) is 0 Å². The van der Waals surface area contributed by atoms with Crippen LogP contribution in [0.4, 0.5) is 0 Å². The summed E-state index contributed by atoms with van der Waals surface area (Å²) in [6.45, 7) is 1.94. The first-order valence-electron chi connectivity index (χ1n) is 5.83. The topological polar surface area (TPSA) is 72.4 Å². The fourth-order valence-corrected chi connectivity index (χ4v) is 2.90. The Kier molecular flexibility index (Phi) is 4.26.